The number of rotatable bonds is 3. The Balaban J connectivity index is 2.34. The van der Waals surface area contributed by atoms with Gasteiger partial charge >= 0.3 is 0 Å². The van der Waals surface area contributed by atoms with Crippen LogP contribution in [0.15, 0.2) is 28.8 Å². The van der Waals surface area contributed by atoms with Crippen LogP contribution in [0, 0.1) is 5.82 Å². The van der Waals surface area contributed by atoms with Gasteiger partial charge in [0.2, 0.25) is 11.7 Å². The summed E-state index contributed by atoms with van der Waals surface area (Å²) in [5.74, 6) is -0.238. The van der Waals surface area contributed by atoms with Gasteiger partial charge in [-0.1, -0.05) is 17.3 Å². The highest BCUT2D eigenvalue weighted by molar-refractivity contribution is 5.54. The Labute approximate surface area is 97.1 Å². The number of hydrogen-bond acceptors (Lipinski definition) is 5. The van der Waals surface area contributed by atoms with Crippen molar-refractivity contribution in [1.29, 1.82) is 0 Å². The third-order valence-electron chi connectivity index (χ3n) is 2.36. The number of nitrogens with zero attached hydrogens (tertiary/aromatic N) is 2. The summed E-state index contributed by atoms with van der Waals surface area (Å²) >= 11 is 0. The van der Waals surface area contributed by atoms with E-state index in [0.29, 0.717) is 0 Å². The second-order valence-electron chi connectivity index (χ2n) is 3.70. The molecular weight excluding hydrogens is 225 g/mol. The minimum absolute atomic E-state index is 0.0817. The number of aliphatic hydroxyl groups excluding tert-OH is 1. The Morgan fingerprint density at radius 3 is 2.76 bits per heavy atom. The zero-order valence-corrected chi connectivity index (χ0v) is 9.17. The van der Waals surface area contributed by atoms with Crippen molar-refractivity contribution >= 4 is 0 Å². The lowest BCUT2D eigenvalue weighted by atomic mass is 10.2. The first kappa shape index (κ1) is 11.7. The molecule has 6 heteroatoms. The molecule has 0 saturated carbocycles. The standard InChI is InChI=1S/C11H12FN3O2/c1-6(16)9(13)11-14-10(15-17-11)7-4-2-3-5-8(7)12/h2-6,9,16H,13H2,1H3. The topological polar surface area (TPSA) is 85.2 Å². The summed E-state index contributed by atoms with van der Waals surface area (Å²) in [5.41, 5.74) is 5.86. The summed E-state index contributed by atoms with van der Waals surface area (Å²) in [6, 6.07) is 5.31. The normalized spacial score (nSPS) is 14.6. The van der Waals surface area contributed by atoms with Gasteiger partial charge in [-0.3, -0.25) is 0 Å². The maximum atomic E-state index is 13.4. The lowest BCUT2D eigenvalue weighted by Crippen LogP contribution is -2.23. The molecule has 2 aromatic rings. The number of benzene rings is 1. The Bertz CT molecular complexity index is 513. The molecule has 1 aromatic heterocycles. The van der Waals surface area contributed by atoms with Gasteiger partial charge in [0.05, 0.1) is 11.7 Å². The summed E-state index contributed by atoms with van der Waals surface area (Å²) in [4.78, 5) is 3.96. The predicted octanol–water partition coefficient (Wildman–Crippen LogP) is 1.26. The van der Waals surface area contributed by atoms with E-state index in [-0.39, 0.29) is 17.3 Å². The van der Waals surface area contributed by atoms with Crippen LogP contribution >= 0.6 is 0 Å². The van der Waals surface area contributed by atoms with E-state index in [9.17, 15) is 9.50 Å². The summed E-state index contributed by atoms with van der Waals surface area (Å²) in [5, 5.41) is 12.9. The summed E-state index contributed by atoms with van der Waals surface area (Å²) in [6.07, 6.45) is -0.816. The predicted molar refractivity (Wildman–Crippen MR) is 58.3 cm³/mol. The van der Waals surface area contributed by atoms with Crippen LogP contribution < -0.4 is 5.73 Å². The SMILES string of the molecule is CC(O)C(N)c1nc(-c2ccccc2F)no1. The van der Waals surface area contributed by atoms with Gasteiger partial charge in [0.15, 0.2) is 0 Å². The highest BCUT2D eigenvalue weighted by Crippen LogP contribution is 2.21. The molecule has 17 heavy (non-hydrogen) atoms. The van der Waals surface area contributed by atoms with E-state index in [0.717, 1.165) is 0 Å². The van der Waals surface area contributed by atoms with Gasteiger partial charge < -0.3 is 15.4 Å². The zero-order chi connectivity index (χ0) is 12.4. The molecule has 0 bridgehead atoms. The second kappa shape index (κ2) is 4.60. The minimum atomic E-state index is -0.816. The quantitative estimate of drug-likeness (QED) is 0.839. The average Bonchev–Trinajstić information content (AvgIpc) is 2.77. The average molecular weight is 237 g/mol. The highest BCUT2D eigenvalue weighted by Gasteiger charge is 2.20. The third kappa shape index (κ3) is 2.32. The lowest BCUT2D eigenvalue weighted by molar-refractivity contribution is 0.146. The van der Waals surface area contributed by atoms with E-state index < -0.39 is 18.0 Å². The highest BCUT2D eigenvalue weighted by atomic mass is 19.1. The van der Waals surface area contributed by atoms with Crippen molar-refractivity contribution in [3.8, 4) is 11.4 Å². The van der Waals surface area contributed by atoms with E-state index in [1.807, 2.05) is 0 Å². The third-order valence-corrected chi connectivity index (χ3v) is 2.36. The molecule has 2 atom stereocenters. The van der Waals surface area contributed by atoms with E-state index >= 15 is 0 Å². The molecule has 0 amide bonds. The number of aliphatic hydroxyl groups is 1. The van der Waals surface area contributed by atoms with E-state index in [1.54, 1.807) is 12.1 Å². The Morgan fingerprint density at radius 1 is 1.41 bits per heavy atom. The van der Waals surface area contributed by atoms with Crippen molar-refractivity contribution in [2.24, 2.45) is 5.73 Å². The molecular formula is C11H12FN3O2. The Kier molecular flexibility index (Phi) is 3.16. The molecule has 0 radical (unpaired) electrons. The monoisotopic (exact) mass is 237 g/mol. The van der Waals surface area contributed by atoms with Gasteiger partial charge in [-0.15, -0.1) is 0 Å². The van der Waals surface area contributed by atoms with Crippen LogP contribution in [0.5, 0.6) is 0 Å². The van der Waals surface area contributed by atoms with Crippen LogP contribution in [0.3, 0.4) is 0 Å². The van der Waals surface area contributed by atoms with E-state index in [1.165, 1.54) is 19.1 Å². The van der Waals surface area contributed by atoms with Gasteiger partial charge in [0.25, 0.3) is 0 Å². The van der Waals surface area contributed by atoms with Gasteiger partial charge in [0, 0.05) is 0 Å². The molecule has 0 aliphatic carbocycles. The minimum Gasteiger partial charge on any atom is -0.391 e. The van der Waals surface area contributed by atoms with Crippen molar-refractivity contribution in [2.75, 3.05) is 0 Å². The van der Waals surface area contributed by atoms with Gasteiger partial charge in [0.1, 0.15) is 11.9 Å². The van der Waals surface area contributed by atoms with Gasteiger partial charge in [-0.2, -0.15) is 4.98 Å². The zero-order valence-electron chi connectivity index (χ0n) is 9.17. The largest absolute Gasteiger partial charge is 0.391 e. The molecule has 1 aromatic carbocycles. The fourth-order valence-electron chi connectivity index (χ4n) is 1.33. The van der Waals surface area contributed by atoms with Gasteiger partial charge in [-0.05, 0) is 19.1 Å². The first-order valence-electron chi connectivity index (χ1n) is 5.11. The maximum Gasteiger partial charge on any atom is 0.246 e. The first-order valence-corrected chi connectivity index (χ1v) is 5.11. The Hall–Kier alpha value is -1.79. The Morgan fingerprint density at radius 2 is 2.12 bits per heavy atom. The molecule has 0 spiro atoms. The van der Waals surface area contributed by atoms with Crippen molar-refractivity contribution < 1.29 is 14.0 Å². The van der Waals surface area contributed by atoms with Crippen molar-refractivity contribution in [1.82, 2.24) is 10.1 Å². The summed E-state index contributed by atoms with van der Waals surface area (Å²) in [6.45, 7) is 1.51. The molecule has 0 fully saturated rings. The smallest absolute Gasteiger partial charge is 0.246 e. The fourth-order valence-corrected chi connectivity index (χ4v) is 1.33. The number of nitrogens with two attached hydrogens (primary N) is 1. The molecule has 2 rings (SSSR count). The van der Waals surface area contributed by atoms with E-state index in [4.69, 9.17) is 10.3 Å². The van der Waals surface area contributed by atoms with Crippen LogP contribution in [0.2, 0.25) is 0 Å². The molecule has 5 nitrogen and oxygen atoms in total. The summed E-state index contributed by atoms with van der Waals surface area (Å²) in [7, 11) is 0. The number of halogens is 1. The lowest BCUT2D eigenvalue weighted by Gasteiger charge is -2.08. The molecule has 0 saturated heterocycles. The summed E-state index contributed by atoms with van der Waals surface area (Å²) < 4.78 is 18.3. The van der Waals surface area contributed by atoms with Crippen LogP contribution in [0.1, 0.15) is 18.9 Å². The molecule has 90 valence electrons. The molecule has 3 N–H and O–H groups in total. The van der Waals surface area contributed by atoms with Crippen molar-refractivity contribution in [3.63, 3.8) is 0 Å². The van der Waals surface area contributed by atoms with Crippen LogP contribution in [-0.2, 0) is 0 Å². The van der Waals surface area contributed by atoms with Crippen molar-refractivity contribution in [3.05, 3.63) is 36.0 Å². The van der Waals surface area contributed by atoms with Crippen LogP contribution in [0.4, 0.5) is 4.39 Å². The second-order valence-corrected chi connectivity index (χ2v) is 3.70. The first-order chi connectivity index (χ1) is 8.09. The van der Waals surface area contributed by atoms with Crippen molar-refractivity contribution in [2.45, 2.75) is 19.1 Å². The molecule has 0 aliphatic rings. The van der Waals surface area contributed by atoms with Crippen LogP contribution in [0.25, 0.3) is 11.4 Å². The van der Waals surface area contributed by atoms with Gasteiger partial charge in [-0.25, -0.2) is 4.39 Å². The number of aromatic nitrogens is 2. The number of hydrogen-bond donors (Lipinski definition) is 2. The molecule has 1 heterocycles. The molecule has 2 unspecified atom stereocenters. The maximum absolute atomic E-state index is 13.4. The van der Waals surface area contributed by atoms with E-state index in [2.05, 4.69) is 10.1 Å². The molecule has 0 aliphatic heterocycles. The van der Waals surface area contributed by atoms with Crippen LogP contribution in [-0.4, -0.2) is 21.4 Å². The fraction of sp³-hybridized carbons (Fsp3) is 0.273.